The van der Waals surface area contributed by atoms with Gasteiger partial charge in [-0.05, 0) is 6.42 Å². The predicted octanol–water partition coefficient (Wildman–Crippen LogP) is -1.89. The fourth-order valence-electron chi connectivity index (χ4n) is 1.96. The third-order valence-corrected chi connectivity index (χ3v) is 2.78. The Hall–Kier alpha value is -1.59. The van der Waals surface area contributed by atoms with E-state index in [1.165, 1.54) is 11.8 Å². The zero-order valence-electron chi connectivity index (χ0n) is 9.36. The summed E-state index contributed by atoms with van der Waals surface area (Å²) in [4.78, 5) is 35.2. The average Bonchev–Trinajstić information content (AvgIpc) is 2.20. The topological polar surface area (TPSA) is 89.5 Å². The molecule has 1 rings (SSSR count). The van der Waals surface area contributed by atoms with E-state index in [-0.39, 0.29) is 12.3 Å². The van der Waals surface area contributed by atoms with Gasteiger partial charge in [0.05, 0.1) is 0 Å². The quantitative estimate of drug-likeness (QED) is 0.610. The van der Waals surface area contributed by atoms with Crippen molar-refractivity contribution in [3.8, 4) is 0 Å². The minimum absolute atomic E-state index is 0.254. The van der Waals surface area contributed by atoms with Crippen LogP contribution in [-0.2, 0) is 14.4 Å². The lowest BCUT2D eigenvalue weighted by molar-refractivity contribution is -0.313. The summed E-state index contributed by atoms with van der Waals surface area (Å²) in [5, 5.41) is 13.5. The van der Waals surface area contributed by atoms with Gasteiger partial charge in [0.25, 0.3) is 0 Å². The highest BCUT2D eigenvalue weighted by Gasteiger charge is 2.37. The minimum atomic E-state index is -1.30. The standard InChI is InChI=1S/C10H16N2O4/c1-3-7(10(15)16)8-9(14)11-4-5-12(8)6(2)13/h7-8H,3-5H2,1-2H3,(H,11,14)(H,15,16)/p-1. The molecule has 2 atom stereocenters. The number of carboxylic acid groups (broad SMARTS) is 1. The maximum Gasteiger partial charge on any atom is 0.243 e. The van der Waals surface area contributed by atoms with Gasteiger partial charge in [0.15, 0.2) is 0 Å². The van der Waals surface area contributed by atoms with E-state index in [4.69, 9.17) is 0 Å². The van der Waals surface area contributed by atoms with Crippen LogP contribution in [-0.4, -0.2) is 41.8 Å². The third-order valence-electron chi connectivity index (χ3n) is 2.78. The van der Waals surface area contributed by atoms with Gasteiger partial charge >= 0.3 is 0 Å². The van der Waals surface area contributed by atoms with Crippen LogP contribution in [0.15, 0.2) is 0 Å². The molecule has 16 heavy (non-hydrogen) atoms. The summed E-state index contributed by atoms with van der Waals surface area (Å²) in [5.74, 6) is -2.96. The van der Waals surface area contributed by atoms with Crippen molar-refractivity contribution in [3.63, 3.8) is 0 Å². The van der Waals surface area contributed by atoms with Gasteiger partial charge in [0.1, 0.15) is 6.04 Å². The molecule has 1 aliphatic rings. The number of hydrogen-bond acceptors (Lipinski definition) is 4. The van der Waals surface area contributed by atoms with Gasteiger partial charge in [0, 0.05) is 31.9 Å². The molecule has 2 unspecified atom stereocenters. The molecule has 0 bridgehead atoms. The molecule has 0 spiro atoms. The number of hydrogen-bond donors (Lipinski definition) is 1. The van der Waals surface area contributed by atoms with Crippen molar-refractivity contribution < 1.29 is 19.5 Å². The predicted molar refractivity (Wildman–Crippen MR) is 53.0 cm³/mol. The number of amides is 2. The maximum absolute atomic E-state index is 11.6. The van der Waals surface area contributed by atoms with Crippen LogP contribution in [0.4, 0.5) is 0 Å². The van der Waals surface area contributed by atoms with E-state index in [1.54, 1.807) is 6.92 Å². The minimum Gasteiger partial charge on any atom is -0.550 e. The van der Waals surface area contributed by atoms with Crippen molar-refractivity contribution in [2.75, 3.05) is 13.1 Å². The van der Waals surface area contributed by atoms with Crippen LogP contribution in [0, 0.1) is 5.92 Å². The highest BCUT2D eigenvalue weighted by Crippen LogP contribution is 2.17. The Morgan fingerprint density at radius 1 is 1.62 bits per heavy atom. The Kier molecular flexibility index (Phi) is 3.87. The molecule has 2 amide bonds. The van der Waals surface area contributed by atoms with E-state index in [0.29, 0.717) is 13.1 Å². The van der Waals surface area contributed by atoms with E-state index in [1.807, 2.05) is 0 Å². The summed E-state index contributed by atoms with van der Waals surface area (Å²) in [6.45, 7) is 3.68. The number of nitrogens with one attached hydrogen (secondary N) is 1. The third kappa shape index (κ3) is 2.32. The van der Waals surface area contributed by atoms with Crippen LogP contribution in [0.2, 0.25) is 0 Å². The molecule has 1 N–H and O–H groups in total. The maximum atomic E-state index is 11.6. The van der Waals surface area contributed by atoms with Gasteiger partial charge in [-0.3, -0.25) is 9.59 Å². The number of aliphatic carboxylic acids is 1. The normalized spacial score (nSPS) is 22.5. The first-order chi connectivity index (χ1) is 7.49. The van der Waals surface area contributed by atoms with Crippen molar-refractivity contribution in [1.82, 2.24) is 10.2 Å². The summed E-state index contributed by atoms with van der Waals surface area (Å²) in [6.07, 6.45) is 0.254. The lowest BCUT2D eigenvalue weighted by Gasteiger charge is -2.39. The number of rotatable bonds is 3. The average molecular weight is 227 g/mol. The second-order valence-electron chi connectivity index (χ2n) is 3.78. The highest BCUT2D eigenvalue weighted by atomic mass is 16.4. The Labute approximate surface area is 93.6 Å². The lowest BCUT2D eigenvalue weighted by atomic mass is 9.93. The van der Waals surface area contributed by atoms with E-state index in [2.05, 4.69) is 5.32 Å². The highest BCUT2D eigenvalue weighted by molar-refractivity contribution is 5.91. The van der Waals surface area contributed by atoms with Gasteiger partial charge in [-0.15, -0.1) is 0 Å². The Balaban J connectivity index is 2.97. The SMILES string of the molecule is CCC(C(=O)[O-])C1C(=O)NCCN1C(C)=O. The number of piperazine rings is 1. The number of carbonyl (C=O) groups is 3. The van der Waals surface area contributed by atoms with Gasteiger partial charge < -0.3 is 20.1 Å². The second-order valence-corrected chi connectivity index (χ2v) is 3.78. The molecular weight excluding hydrogens is 212 g/mol. The fourth-order valence-corrected chi connectivity index (χ4v) is 1.96. The van der Waals surface area contributed by atoms with Crippen LogP contribution >= 0.6 is 0 Å². The molecule has 0 aromatic carbocycles. The van der Waals surface area contributed by atoms with Crippen LogP contribution in [0.25, 0.3) is 0 Å². The molecule has 0 saturated carbocycles. The van der Waals surface area contributed by atoms with Crippen LogP contribution in [0.1, 0.15) is 20.3 Å². The van der Waals surface area contributed by atoms with Crippen LogP contribution in [0.3, 0.4) is 0 Å². The molecule has 1 heterocycles. The summed E-state index contributed by atoms with van der Waals surface area (Å²) < 4.78 is 0. The number of nitrogens with zero attached hydrogens (tertiary/aromatic N) is 1. The molecule has 90 valence electrons. The van der Waals surface area contributed by atoms with Crippen molar-refractivity contribution >= 4 is 17.8 Å². The van der Waals surface area contributed by atoms with Crippen molar-refractivity contribution in [3.05, 3.63) is 0 Å². The van der Waals surface area contributed by atoms with Crippen molar-refractivity contribution in [2.45, 2.75) is 26.3 Å². The van der Waals surface area contributed by atoms with E-state index < -0.39 is 23.8 Å². The molecule has 0 aliphatic carbocycles. The fraction of sp³-hybridized carbons (Fsp3) is 0.700. The molecule has 1 fully saturated rings. The Morgan fingerprint density at radius 2 is 2.25 bits per heavy atom. The Bertz CT molecular complexity index is 300. The van der Waals surface area contributed by atoms with Crippen LogP contribution in [0.5, 0.6) is 0 Å². The lowest BCUT2D eigenvalue weighted by Crippen LogP contribution is -2.61. The molecule has 0 aromatic rings. The Morgan fingerprint density at radius 3 is 2.69 bits per heavy atom. The molecule has 0 aromatic heterocycles. The van der Waals surface area contributed by atoms with Gasteiger partial charge in [-0.25, -0.2) is 0 Å². The summed E-state index contributed by atoms with van der Waals surface area (Å²) in [5.41, 5.74) is 0. The summed E-state index contributed by atoms with van der Waals surface area (Å²) in [7, 11) is 0. The number of carbonyl (C=O) groups excluding carboxylic acids is 3. The van der Waals surface area contributed by atoms with Crippen molar-refractivity contribution in [2.24, 2.45) is 5.92 Å². The molecular formula is C10H15N2O4-. The van der Waals surface area contributed by atoms with Gasteiger partial charge in [-0.1, -0.05) is 6.92 Å². The summed E-state index contributed by atoms with van der Waals surface area (Å²) in [6, 6.07) is -0.943. The van der Waals surface area contributed by atoms with E-state index in [9.17, 15) is 19.5 Å². The van der Waals surface area contributed by atoms with E-state index >= 15 is 0 Å². The molecule has 1 aliphatic heterocycles. The monoisotopic (exact) mass is 227 g/mol. The molecule has 0 radical (unpaired) electrons. The number of carboxylic acids is 1. The van der Waals surface area contributed by atoms with Gasteiger partial charge in [-0.2, -0.15) is 0 Å². The second kappa shape index (κ2) is 4.96. The first kappa shape index (κ1) is 12.5. The smallest absolute Gasteiger partial charge is 0.243 e. The largest absolute Gasteiger partial charge is 0.550 e. The van der Waals surface area contributed by atoms with Gasteiger partial charge in [0.2, 0.25) is 11.8 Å². The first-order valence-electron chi connectivity index (χ1n) is 5.24. The van der Waals surface area contributed by atoms with Crippen molar-refractivity contribution in [1.29, 1.82) is 0 Å². The van der Waals surface area contributed by atoms with Crippen LogP contribution < -0.4 is 10.4 Å². The molecule has 1 saturated heterocycles. The zero-order valence-corrected chi connectivity index (χ0v) is 9.36. The molecule has 6 nitrogen and oxygen atoms in total. The zero-order chi connectivity index (χ0) is 12.3. The molecule has 6 heteroatoms. The van der Waals surface area contributed by atoms with E-state index in [0.717, 1.165) is 0 Å². The summed E-state index contributed by atoms with van der Waals surface area (Å²) >= 11 is 0. The first-order valence-corrected chi connectivity index (χ1v) is 5.24.